The van der Waals surface area contributed by atoms with E-state index in [4.69, 9.17) is 0 Å². The number of piperidine rings is 1. The fourth-order valence-corrected chi connectivity index (χ4v) is 3.51. The number of rotatable bonds is 5. The summed E-state index contributed by atoms with van der Waals surface area (Å²) >= 11 is 0. The van der Waals surface area contributed by atoms with Crippen molar-refractivity contribution in [3.63, 3.8) is 0 Å². The first-order valence-corrected chi connectivity index (χ1v) is 9.51. The van der Waals surface area contributed by atoms with E-state index in [1.54, 1.807) is 12.3 Å². The number of nitrogens with zero attached hydrogens (tertiary/aromatic N) is 4. The number of carbonyl (C=O) groups is 1. The smallest absolute Gasteiger partial charge is 0.368 e. The van der Waals surface area contributed by atoms with Crippen LogP contribution in [-0.4, -0.2) is 40.3 Å². The maximum absolute atomic E-state index is 12.9. The summed E-state index contributed by atoms with van der Waals surface area (Å²) in [4.78, 5) is 18.5. The highest BCUT2D eigenvalue weighted by molar-refractivity contribution is 5.79. The Morgan fingerprint density at radius 1 is 1.14 bits per heavy atom. The second-order valence-electron chi connectivity index (χ2n) is 7.49. The minimum atomic E-state index is -4.43. The summed E-state index contributed by atoms with van der Waals surface area (Å²) in [5.74, 6) is 0.745. The molecule has 3 heterocycles. The standard InChI is InChI=1S/C19H22F3N5O/c20-19(21,22)15-10-25-27(12-15)16-3-6-23-11-17(16)26-7-4-14(5-8-26)18(28)24-9-13-1-2-13/h3,6,10-14H,1-2,4-5,7-9H2,(H,24,28). The number of hydrogen-bond acceptors (Lipinski definition) is 4. The second kappa shape index (κ2) is 7.44. The van der Waals surface area contributed by atoms with Crippen molar-refractivity contribution in [1.29, 1.82) is 0 Å². The van der Waals surface area contributed by atoms with Gasteiger partial charge in [0.25, 0.3) is 0 Å². The summed E-state index contributed by atoms with van der Waals surface area (Å²) in [5, 5.41) is 6.91. The maximum Gasteiger partial charge on any atom is 0.419 e. The quantitative estimate of drug-likeness (QED) is 0.848. The zero-order chi connectivity index (χ0) is 19.7. The number of aromatic nitrogens is 3. The number of pyridine rings is 1. The van der Waals surface area contributed by atoms with E-state index in [-0.39, 0.29) is 11.8 Å². The van der Waals surface area contributed by atoms with Crippen LogP contribution in [0.2, 0.25) is 0 Å². The van der Waals surface area contributed by atoms with Gasteiger partial charge in [0.15, 0.2) is 0 Å². The molecule has 2 aromatic heterocycles. The molecule has 150 valence electrons. The molecule has 1 aliphatic heterocycles. The highest BCUT2D eigenvalue weighted by atomic mass is 19.4. The molecule has 2 aliphatic rings. The van der Waals surface area contributed by atoms with E-state index in [9.17, 15) is 18.0 Å². The fourth-order valence-electron chi connectivity index (χ4n) is 3.51. The number of alkyl halides is 3. The molecule has 28 heavy (non-hydrogen) atoms. The van der Waals surface area contributed by atoms with E-state index in [0.717, 1.165) is 24.6 Å². The first-order valence-electron chi connectivity index (χ1n) is 9.51. The Hall–Kier alpha value is -2.58. The van der Waals surface area contributed by atoms with Gasteiger partial charge >= 0.3 is 6.18 Å². The summed E-state index contributed by atoms with van der Waals surface area (Å²) < 4.78 is 39.9. The average Bonchev–Trinajstić information content (AvgIpc) is 3.38. The third-order valence-corrected chi connectivity index (χ3v) is 5.40. The molecule has 1 aliphatic carbocycles. The van der Waals surface area contributed by atoms with Crippen LogP contribution in [0.5, 0.6) is 0 Å². The van der Waals surface area contributed by atoms with Gasteiger partial charge in [0.2, 0.25) is 5.91 Å². The van der Waals surface area contributed by atoms with Gasteiger partial charge in [-0.05, 0) is 37.7 Å². The largest absolute Gasteiger partial charge is 0.419 e. The van der Waals surface area contributed by atoms with Gasteiger partial charge in [0.1, 0.15) is 0 Å². The number of anilines is 1. The Kier molecular flexibility index (Phi) is 4.99. The summed E-state index contributed by atoms with van der Waals surface area (Å²) in [6.07, 6.45) is 4.35. The number of nitrogens with one attached hydrogen (secondary N) is 1. The lowest BCUT2D eigenvalue weighted by molar-refractivity contribution is -0.137. The van der Waals surface area contributed by atoms with Crippen molar-refractivity contribution < 1.29 is 18.0 Å². The highest BCUT2D eigenvalue weighted by Gasteiger charge is 2.33. The molecule has 6 nitrogen and oxygen atoms in total. The van der Waals surface area contributed by atoms with Crippen molar-refractivity contribution in [2.45, 2.75) is 31.9 Å². The molecule has 0 unspecified atom stereocenters. The monoisotopic (exact) mass is 393 g/mol. The van der Waals surface area contributed by atoms with Crippen molar-refractivity contribution in [3.05, 3.63) is 36.4 Å². The molecule has 1 amide bonds. The van der Waals surface area contributed by atoms with Crippen LogP contribution in [-0.2, 0) is 11.0 Å². The Balaban J connectivity index is 1.44. The minimum Gasteiger partial charge on any atom is -0.368 e. The summed E-state index contributed by atoms with van der Waals surface area (Å²) in [6, 6.07) is 1.65. The van der Waals surface area contributed by atoms with Crippen LogP contribution in [0.3, 0.4) is 0 Å². The first-order chi connectivity index (χ1) is 13.4. The fraction of sp³-hybridized carbons (Fsp3) is 0.526. The van der Waals surface area contributed by atoms with E-state index in [1.165, 1.54) is 23.7 Å². The van der Waals surface area contributed by atoms with Crippen LogP contribution < -0.4 is 10.2 Å². The van der Waals surface area contributed by atoms with Gasteiger partial charge in [-0.3, -0.25) is 9.78 Å². The minimum absolute atomic E-state index is 0.0170. The van der Waals surface area contributed by atoms with Crippen molar-refractivity contribution in [1.82, 2.24) is 20.1 Å². The third kappa shape index (κ3) is 4.13. The van der Waals surface area contributed by atoms with Crippen LogP contribution in [0.15, 0.2) is 30.9 Å². The topological polar surface area (TPSA) is 63.1 Å². The molecule has 0 aromatic carbocycles. The zero-order valence-electron chi connectivity index (χ0n) is 15.3. The molecule has 1 N–H and O–H groups in total. The van der Waals surface area contributed by atoms with E-state index >= 15 is 0 Å². The van der Waals surface area contributed by atoms with E-state index in [2.05, 4.69) is 20.3 Å². The molecular weight excluding hydrogens is 371 g/mol. The van der Waals surface area contributed by atoms with Crippen molar-refractivity contribution >= 4 is 11.6 Å². The van der Waals surface area contributed by atoms with Crippen LogP contribution >= 0.6 is 0 Å². The Morgan fingerprint density at radius 3 is 2.54 bits per heavy atom. The van der Waals surface area contributed by atoms with Crippen LogP contribution in [0.25, 0.3) is 5.69 Å². The van der Waals surface area contributed by atoms with E-state index in [1.807, 2.05) is 0 Å². The Bertz CT molecular complexity index is 838. The van der Waals surface area contributed by atoms with Gasteiger partial charge in [-0.1, -0.05) is 0 Å². The predicted molar refractivity (Wildman–Crippen MR) is 97.0 cm³/mol. The molecule has 2 aromatic rings. The molecule has 1 saturated heterocycles. The lowest BCUT2D eigenvalue weighted by atomic mass is 9.95. The molecule has 9 heteroatoms. The van der Waals surface area contributed by atoms with Crippen LogP contribution in [0.1, 0.15) is 31.2 Å². The lowest BCUT2D eigenvalue weighted by Crippen LogP contribution is -2.41. The molecule has 2 fully saturated rings. The molecule has 4 rings (SSSR count). The number of carbonyl (C=O) groups excluding carboxylic acids is 1. The van der Waals surface area contributed by atoms with Crippen molar-refractivity contribution in [3.8, 4) is 5.69 Å². The lowest BCUT2D eigenvalue weighted by Gasteiger charge is -2.33. The molecule has 0 spiro atoms. The van der Waals surface area contributed by atoms with Gasteiger partial charge < -0.3 is 10.2 Å². The molecular formula is C19H22F3N5O. The summed E-state index contributed by atoms with van der Waals surface area (Å²) in [5.41, 5.74) is 0.472. The number of hydrogen-bond donors (Lipinski definition) is 1. The van der Waals surface area contributed by atoms with Gasteiger partial charge in [-0.25, -0.2) is 4.68 Å². The average molecular weight is 393 g/mol. The zero-order valence-corrected chi connectivity index (χ0v) is 15.3. The van der Waals surface area contributed by atoms with Crippen LogP contribution in [0.4, 0.5) is 18.9 Å². The second-order valence-corrected chi connectivity index (χ2v) is 7.49. The molecule has 1 saturated carbocycles. The SMILES string of the molecule is O=C(NCC1CC1)C1CCN(c2cnccc2-n2cc(C(F)(F)F)cn2)CC1. The van der Waals surface area contributed by atoms with Crippen molar-refractivity contribution in [2.24, 2.45) is 11.8 Å². The first kappa shape index (κ1) is 18.8. The summed E-state index contributed by atoms with van der Waals surface area (Å²) in [6.45, 7) is 2.06. The third-order valence-electron chi connectivity index (χ3n) is 5.40. The normalized spacial score (nSPS) is 18.3. The Labute approximate surface area is 160 Å². The van der Waals surface area contributed by atoms with Gasteiger partial charge in [0.05, 0.1) is 29.3 Å². The molecule has 0 atom stereocenters. The maximum atomic E-state index is 12.9. The predicted octanol–water partition coefficient (Wildman–Crippen LogP) is 3.03. The molecule has 0 bridgehead atoms. The summed E-state index contributed by atoms with van der Waals surface area (Å²) in [7, 11) is 0. The highest BCUT2D eigenvalue weighted by Crippen LogP contribution is 2.32. The van der Waals surface area contributed by atoms with Gasteiger partial charge in [-0.15, -0.1) is 0 Å². The van der Waals surface area contributed by atoms with E-state index < -0.39 is 11.7 Å². The van der Waals surface area contributed by atoms with Gasteiger partial charge in [-0.2, -0.15) is 18.3 Å². The van der Waals surface area contributed by atoms with E-state index in [0.29, 0.717) is 37.5 Å². The van der Waals surface area contributed by atoms with Crippen molar-refractivity contribution in [2.75, 3.05) is 24.5 Å². The molecule has 0 radical (unpaired) electrons. The Morgan fingerprint density at radius 2 is 1.89 bits per heavy atom. The van der Waals surface area contributed by atoms with Gasteiger partial charge in [0, 0.05) is 37.9 Å². The number of halogens is 3. The van der Waals surface area contributed by atoms with Crippen LogP contribution in [0, 0.1) is 11.8 Å². The number of amides is 1.